The predicted molar refractivity (Wildman–Crippen MR) is 119 cm³/mol. The fourth-order valence-corrected chi connectivity index (χ4v) is 3.80. The molecule has 1 saturated heterocycles. The molecule has 0 unspecified atom stereocenters. The van der Waals surface area contributed by atoms with Gasteiger partial charge in [-0.05, 0) is 41.7 Å². The van der Waals surface area contributed by atoms with E-state index in [9.17, 15) is 14.9 Å². The second-order valence-electron chi connectivity index (χ2n) is 7.32. The van der Waals surface area contributed by atoms with Gasteiger partial charge < -0.3 is 9.64 Å². The molecule has 1 aliphatic heterocycles. The van der Waals surface area contributed by atoms with Crippen LogP contribution in [0.25, 0.3) is 5.57 Å². The third-order valence-corrected chi connectivity index (χ3v) is 5.36. The van der Waals surface area contributed by atoms with Crippen molar-refractivity contribution >= 4 is 17.4 Å². The lowest BCUT2D eigenvalue weighted by Crippen LogP contribution is -2.38. The summed E-state index contributed by atoms with van der Waals surface area (Å²) >= 11 is 0. The second kappa shape index (κ2) is 9.26. The van der Waals surface area contributed by atoms with Gasteiger partial charge in [-0.2, -0.15) is 0 Å². The van der Waals surface area contributed by atoms with Crippen molar-refractivity contribution in [2.45, 2.75) is 12.8 Å². The van der Waals surface area contributed by atoms with Crippen LogP contribution in [0.15, 0.2) is 90.5 Å². The molecule has 6 heteroatoms. The number of carbonyl (C=O) groups is 1. The number of nitro benzene ring substituents is 1. The zero-order valence-electron chi connectivity index (χ0n) is 16.9. The molecule has 3 aromatic carbocycles. The Hall–Kier alpha value is -3.93. The lowest BCUT2D eigenvalue weighted by atomic mass is 9.88. The normalized spacial score (nSPS) is 13.5. The molecule has 0 atom stereocenters. The van der Waals surface area contributed by atoms with E-state index in [0.717, 1.165) is 12.8 Å². The van der Waals surface area contributed by atoms with Gasteiger partial charge in [0.1, 0.15) is 5.75 Å². The fraction of sp³-hybridized carbons (Fsp3) is 0.160. The summed E-state index contributed by atoms with van der Waals surface area (Å²) < 4.78 is 5.40. The number of ether oxygens (including phenoxy) is 1. The third-order valence-electron chi connectivity index (χ3n) is 5.36. The Morgan fingerprint density at radius 3 is 1.81 bits per heavy atom. The number of benzene rings is 3. The van der Waals surface area contributed by atoms with Crippen LogP contribution in [-0.4, -0.2) is 29.0 Å². The third kappa shape index (κ3) is 4.80. The lowest BCUT2D eigenvalue weighted by molar-refractivity contribution is -0.384. The molecule has 0 spiro atoms. The van der Waals surface area contributed by atoms with E-state index >= 15 is 0 Å². The minimum absolute atomic E-state index is 0.0399. The van der Waals surface area contributed by atoms with Crippen LogP contribution in [0.4, 0.5) is 10.5 Å². The molecule has 0 N–H and O–H groups in total. The van der Waals surface area contributed by atoms with E-state index < -0.39 is 11.0 Å². The van der Waals surface area contributed by atoms with E-state index in [-0.39, 0.29) is 5.69 Å². The first-order chi connectivity index (χ1) is 15.1. The minimum atomic E-state index is -0.485. The molecule has 0 saturated carbocycles. The molecule has 1 amide bonds. The van der Waals surface area contributed by atoms with Gasteiger partial charge in [0.25, 0.3) is 5.69 Å². The minimum Gasteiger partial charge on any atom is -0.410 e. The van der Waals surface area contributed by atoms with Crippen LogP contribution >= 0.6 is 0 Å². The molecular formula is C25H22N2O4. The van der Waals surface area contributed by atoms with Crippen LogP contribution in [0.5, 0.6) is 5.75 Å². The van der Waals surface area contributed by atoms with Gasteiger partial charge in [0.05, 0.1) is 4.92 Å². The standard InChI is InChI=1S/C25H22N2O4/c28-25(31-23-13-11-22(12-14-23)27(29)30)26-17-15-21(16-18-26)24(19-7-3-1-4-8-19)20-9-5-2-6-10-20/h1-14H,15-18H2. The molecule has 1 heterocycles. The van der Waals surface area contributed by atoms with Gasteiger partial charge in [0.2, 0.25) is 0 Å². The number of hydrogen-bond acceptors (Lipinski definition) is 4. The van der Waals surface area contributed by atoms with Crippen LogP contribution in [0.2, 0.25) is 0 Å². The van der Waals surface area contributed by atoms with Gasteiger partial charge >= 0.3 is 6.09 Å². The van der Waals surface area contributed by atoms with Crippen molar-refractivity contribution < 1.29 is 14.5 Å². The van der Waals surface area contributed by atoms with E-state index in [2.05, 4.69) is 24.3 Å². The molecule has 156 valence electrons. The van der Waals surface area contributed by atoms with E-state index in [1.807, 2.05) is 36.4 Å². The van der Waals surface area contributed by atoms with Crippen molar-refractivity contribution in [3.05, 3.63) is 112 Å². The fourth-order valence-electron chi connectivity index (χ4n) is 3.80. The molecule has 31 heavy (non-hydrogen) atoms. The Balaban J connectivity index is 1.48. The van der Waals surface area contributed by atoms with Crippen LogP contribution < -0.4 is 4.74 Å². The number of likely N-dealkylation sites (tertiary alicyclic amines) is 1. The Kier molecular flexibility index (Phi) is 6.08. The highest BCUT2D eigenvalue weighted by atomic mass is 16.6. The molecule has 0 bridgehead atoms. The monoisotopic (exact) mass is 414 g/mol. The molecule has 4 rings (SSSR count). The molecular weight excluding hydrogens is 392 g/mol. The Morgan fingerprint density at radius 1 is 0.806 bits per heavy atom. The molecule has 1 aliphatic rings. The molecule has 0 aliphatic carbocycles. The summed E-state index contributed by atoms with van der Waals surface area (Å²) in [5.41, 5.74) is 4.85. The lowest BCUT2D eigenvalue weighted by Gasteiger charge is -2.29. The maximum absolute atomic E-state index is 12.6. The van der Waals surface area contributed by atoms with Gasteiger partial charge in [-0.1, -0.05) is 66.2 Å². The topological polar surface area (TPSA) is 72.7 Å². The second-order valence-corrected chi connectivity index (χ2v) is 7.32. The molecule has 1 fully saturated rings. The summed E-state index contributed by atoms with van der Waals surface area (Å²) in [5, 5.41) is 10.8. The summed E-state index contributed by atoms with van der Waals surface area (Å²) in [6, 6.07) is 26.2. The molecule has 0 aromatic heterocycles. The predicted octanol–water partition coefficient (Wildman–Crippen LogP) is 5.69. The average molecular weight is 414 g/mol. The summed E-state index contributed by atoms with van der Waals surface area (Å²) in [7, 11) is 0. The highest BCUT2D eigenvalue weighted by Crippen LogP contribution is 2.32. The van der Waals surface area contributed by atoms with Crippen molar-refractivity contribution in [2.75, 3.05) is 13.1 Å². The number of rotatable bonds is 4. The molecule has 0 radical (unpaired) electrons. The van der Waals surface area contributed by atoms with Crippen LogP contribution in [0, 0.1) is 10.1 Å². The molecule has 6 nitrogen and oxygen atoms in total. The number of amides is 1. The number of carbonyl (C=O) groups excluding carboxylic acids is 1. The van der Waals surface area contributed by atoms with E-state index in [4.69, 9.17) is 4.74 Å². The largest absolute Gasteiger partial charge is 0.415 e. The van der Waals surface area contributed by atoms with Crippen LogP contribution in [0.1, 0.15) is 24.0 Å². The number of hydrogen-bond donors (Lipinski definition) is 0. The SMILES string of the molecule is O=C(Oc1ccc([N+](=O)[O-])cc1)N1CCC(=C(c2ccccc2)c2ccccc2)CC1. The van der Waals surface area contributed by atoms with Gasteiger partial charge in [-0.15, -0.1) is 0 Å². The average Bonchev–Trinajstić information content (AvgIpc) is 2.81. The first kappa shape index (κ1) is 20.3. The quantitative estimate of drug-likeness (QED) is 0.406. The number of piperidine rings is 1. The first-order valence-corrected chi connectivity index (χ1v) is 10.2. The summed E-state index contributed by atoms with van der Waals surface area (Å²) in [5.74, 6) is 0.297. The Labute approximate surface area is 180 Å². The maximum atomic E-state index is 12.6. The van der Waals surface area contributed by atoms with E-state index in [1.165, 1.54) is 46.5 Å². The van der Waals surface area contributed by atoms with E-state index in [0.29, 0.717) is 18.8 Å². The smallest absolute Gasteiger partial charge is 0.410 e. The van der Waals surface area contributed by atoms with Crippen molar-refractivity contribution in [1.29, 1.82) is 0 Å². The van der Waals surface area contributed by atoms with Gasteiger partial charge in [0.15, 0.2) is 0 Å². The number of non-ortho nitro benzene ring substituents is 1. The number of nitro groups is 1. The first-order valence-electron chi connectivity index (χ1n) is 10.2. The highest BCUT2D eigenvalue weighted by molar-refractivity contribution is 5.82. The van der Waals surface area contributed by atoms with Gasteiger partial charge in [0, 0.05) is 25.2 Å². The van der Waals surface area contributed by atoms with Gasteiger partial charge in [-0.3, -0.25) is 10.1 Å². The van der Waals surface area contributed by atoms with Crippen molar-refractivity contribution in [3.63, 3.8) is 0 Å². The maximum Gasteiger partial charge on any atom is 0.415 e. The van der Waals surface area contributed by atoms with Crippen molar-refractivity contribution in [2.24, 2.45) is 0 Å². The van der Waals surface area contributed by atoms with Crippen molar-refractivity contribution in [1.82, 2.24) is 4.90 Å². The summed E-state index contributed by atoms with van der Waals surface area (Å²) in [6.45, 7) is 1.12. The number of nitrogens with zero attached hydrogens (tertiary/aromatic N) is 2. The van der Waals surface area contributed by atoms with Crippen LogP contribution in [0.3, 0.4) is 0 Å². The zero-order valence-corrected chi connectivity index (χ0v) is 16.9. The highest BCUT2D eigenvalue weighted by Gasteiger charge is 2.23. The summed E-state index contributed by atoms with van der Waals surface area (Å²) in [6.07, 6.45) is 1.08. The Bertz CT molecular complexity index is 1040. The molecule has 3 aromatic rings. The van der Waals surface area contributed by atoms with E-state index in [1.54, 1.807) is 4.90 Å². The Morgan fingerprint density at radius 2 is 1.32 bits per heavy atom. The van der Waals surface area contributed by atoms with Crippen molar-refractivity contribution in [3.8, 4) is 5.75 Å². The van der Waals surface area contributed by atoms with Crippen LogP contribution in [-0.2, 0) is 0 Å². The van der Waals surface area contributed by atoms with Gasteiger partial charge in [-0.25, -0.2) is 4.79 Å². The zero-order chi connectivity index (χ0) is 21.6. The summed E-state index contributed by atoms with van der Waals surface area (Å²) in [4.78, 5) is 24.5.